The number of nitrogens with zero attached hydrogens (tertiary/aromatic N) is 2. The molecule has 1 aliphatic heterocycles. The van der Waals surface area contributed by atoms with Crippen LogP contribution in [0.4, 0.5) is 0 Å². The van der Waals surface area contributed by atoms with Gasteiger partial charge in [-0.05, 0) is 47.7 Å². The first-order valence-electron chi connectivity index (χ1n) is 5.99. The number of piperidine rings is 1. The maximum absolute atomic E-state index is 12.4. The summed E-state index contributed by atoms with van der Waals surface area (Å²) in [6.07, 6.45) is 5.63. The van der Waals surface area contributed by atoms with Crippen LogP contribution in [0.5, 0.6) is 0 Å². The molecule has 1 aromatic rings. The second kappa shape index (κ2) is 5.17. The second-order valence-corrected chi connectivity index (χ2v) is 5.80. The molecule has 3 nitrogen and oxygen atoms in total. The standard InChI is InChI=1S/C13H17BrN2O/c1-9-3-4-10(2)16(8-9)13(17)11-5-12(14)7-15-6-11/h5-7,9-10H,3-4,8H2,1-2H3. The van der Waals surface area contributed by atoms with Gasteiger partial charge in [0.2, 0.25) is 0 Å². The maximum atomic E-state index is 12.4. The van der Waals surface area contributed by atoms with Crippen LogP contribution in [0.1, 0.15) is 37.0 Å². The number of pyridine rings is 1. The Bertz CT molecular complexity index is 422. The lowest BCUT2D eigenvalue weighted by Crippen LogP contribution is -2.44. The molecule has 1 aliphatic rings. The van der Waals surface area contributed by atoms with Gasteiger partial charge in [0, 0.05) is 29.5 Å². The van der Waals surface area contributed by atoms with Crippen molar-refractivity contribution < 1.29 is 4.79 Å². The Morgan fingerprint density at radius 3 is 2.88 bits per heavy atom. The highest BCUT2D eigenvalue weighted by Gasteiger charge is 2.27. The molecule has 0 bridgehead atoms. The zero-order valence-corrected chi connectivity index (χ0v) is 11.8. The normalized spacial score (nSPS) is 24.8. The third kappa shape index (κ3) is 2.86. The van der Waals surface area contributed by atoms with E-state index in [1.807, 2.05) is 11.0 Å². The molecule has 2 atom stereocenters. The molecule has 1 saturated heterocycles. The Labute approximate surface area is 110 Å². The van der Waals surface area contributed by atoms with E-state index in [4.69, 9.17) is 0 Å². The first-order valence-corrected chi connectivity index (χ1v) is 6.78. The van der Waals surface area contributed by atoms with Gasteiger partial charge < -0.3 is 4.90 Å². The van der Waals surface area contributed by atoms with Gasteiger partial charge in [0.15, 0.2) is 0 Å². The molecule has 2 unspecified atom stereocenters. The first-order chi connectivity index (χ1) is 8.08. The number of halogens is 1. The number of hydrogen-bond acceptors (Lipinski definition) is 2. The fourth-order valence-corrected chi connectivity index (χ4v) is 2.63. The Hall–Kier alpha value is -0.900. The molecule has 92 valence electrons. The molecule has 0 spiro atoms. The number of rotatable bonds is 1. The summed E-state index contributed by atoms with van der Waals surface area (Å²) in [6.45, 7) is 5.17. The minimum absolute atomic E-state index is 0.0952. The van der Waals surface area contributed by atoms with E-state index in [2.05, 4.69) is 34.8 Å². The van der Waals surface area contributed by atoms with Crippen LogP contribution >= 0.6 is 15.9 Å². The Balaban J connectivity index is 2.18. The smallest absolute Gasteiger partial charge is 0.255 e. The van der Waals surface area contributed by atoms with Crippen molar-refractivity contribution in [3.63, 3.8) is 0 Å². The van der Waals surface area contributed by atoms with E-state index < -0.39 is 0 Å². The minimum Gasteiger partial charge on any atom is -0.336 e. The summed E-state index contributed by atoms with van der Waals surface area (Å²) in [4.78, 5) is 18.4. The summed E-state index contributed by atoms with van der Waals surface area (Å²) in [5.74, 6) is 0.688. The van der Waals surface area contributed by atoms with Gasteiger partial charge in [0.25, 0.3) is 5.91 Å². The van der Waals surface area contributed by atoms with E-state index in [1.165, 1.54) is 6.42 Å². The first kappa shape index (κ1) is 12.6. The van der Waals surface area contributed by atoms with Crippen LogP contribution in [0.3, 0.4) is 0 Å². The van der Waals surface area contributed by atoms with Crippen LogP contribution in [0, 0.1) is 5.92 Å². The van der Waals surface area contributed by atoms with Crippen LogP contribution in [0.2, 0.25) is 0 Å². The van der Waals surface area contributed by atoms with E-state index in [1.54, 1.807) is 12.4 Å². The molecule has 17 heavy (non-hydrogen) atoms. The molecule has 1 aromatic heterocycles. The summed E-state index contributed by atoms with van der Waals surface area (Å²) in [5, 5.41) is 0. The predicted molar refractivity (Wildman–Crippen MR) is 70.8 cm³/mol. The molecule has 0 aromatic carbocycles. The number of hydrogen-bond donors (Lipinski definition) is 0. The largest absolute Gasteiger partial charge is 0.336 e. The summed E-state index contributed by atoms with van der Waals surface area (Å²) >= 11 is 3.35. The zero-order chi connectivity index (χ0) is 12.4. The lowest BCUT2D eigenvalue weighted by Gasteiger charge is -2.36. The van der Waals surface area contributed by atoms with Crippen molar-refractivity contribution in [3.8, 4) is 0 Å². The van der Waals surface area contributed by atoms with E-state index in [0.717, 1.165) is 17.4 Å². The Morgan fingerprint density at radius 1 is 1.41 bits per heavy atom. The number of carbonyl (C=O) groups is 1. The molecule has 2 heterocycles. The van der Waals surface area contributed by atoms with Crippen molar-refractivity contribution in [2.75, 3.05) is 6.54 Å². The Morgan fingerprint density at radius 2 is 2.18 bits per heavy atom. The SMILES string of the molecule is CC1CCC(C)N(C(=O)c2cncc(Br)c2)C1. The average Bonchev–Trinajstić information content (AvgIpc) is 2.31. The number of aromatic nitrogens is 1. The molecule has 0 aliphatic carbocycles. The van der Waals surface area contributed by atoms with Crippen molar-refractivity contribution in [2.45, 2.75) is 32.7 Å². The van der Waals surface area contributed by atoms with Crippen LogP contribution in [-0.2, 0) is 0 Å². The summed E-state index contributed by atoms with van der Waals surface area (Å²) in [7, 11) is 0. The van der Waals surface area contributed by atoms with E-state index in [9.17, 15) is 4.79 Å². The van der Waals surface area contributed by atoms with E-state index in [-0.39, 0.29) is 5.91 Å². The molecular formula is C13H17BrN2O. The van der Waals surface area contributed by atoms with Crippen molar-refractivity contribution in [3.05, 3.63) is 28.5 Å². The van der Waals surface area contributed by atoms with Crippen molar-refractivity contribution >= 4 is 21.8 Å². The molecule has 0 saturated carbocycles. The molecule has 0 N–H and O–H groups in total. The zero-order valence-electron chi connectivity index (χ0n) is 10.2. The van der Waals surface area contributed by atoms with Gasteiger partial charge >= 0.3 is 0 Å². The highest BCUT2D eigenvalue weighted by atomic mass is 79.9. The molecule has 1 amide bonds. The highest BCUT2D eigenvalue weighted by molar-refractivity contribution is 9.10. The van der Waals surface area contributed by atoms with E-state index >= 15 is 0 Å². The lowest BCUT2D eigenvalue weighted by molar-refractivity contribution is 0.0573. The monoisotopic (exact) mass is 296 g/mol. The number of amides is 1. The summed E-state index contributed by atoms with van der Waals surface area (Å²) < 4.78 is 0.848. The van der Waals surface area contributed by atoms with Crippen LogP contribution in [0.25, 0.3) is 0 Å². The fourth-order valence-electron chi connectivity index (χ4n) is 2.27. The average molecular weight is 297 g/mol. The summed E-state index contributed by atoms with van der Waals surface area (Å²) in [5.41, 5.74) is 0.667. The highest BCUT2D eigenvalue weighted by Crippen LogP contribution is 2.23. The molecule has 2 rings (SSSR count). The van der Waals surface area contributed by atoms with Crippen LogP contribution < -0.4 is 0 Å². The molecule has 4 heteroatoms. The van der Waals surface area contributed by atoms with Crippen molar-refractivity contribution in [1.82, 2.24) is 9.88 Å². The molecular weight excluding hydrogens is 280 g/mol. The molecule has 0 radical (unpaired) electrons. The third-order valence-corrected chi connectivity index (χ3v) is 3.76. The van der Waals surface area contributed by atoms with Gasteiger partial charge in [0.1, 0.15) is 0 Å². The maximum Gasteiger partial charge on any atom is 0.255 e. The second-order valence-electron chi connectivity index (χ2n) is 4.88. The van der Waals surface area contributed by atoms with Gasteiger partial charge in [-0.1, -0.05) is 6.92 Å². The van der Waals surface area contributed by atoms with E-state index in [0.29, 0.717) is 17.5 Å². The topological polar surface area (TPSA) is 33.2 Å². The van der Waals surface area contributed by atoms with Gasteiger partial charge in [-0.15, -0.1) is 0 Å². The number of carbonyl (C=O) groups excluding carboxylic acids is 1. The quantitative estimate of drug-likeness (QED) is 0.798. The summed E-state index contributed by atoms with van der Waals surface area (Å²) in [6, 6.07) is 2.17. The van der Waals surface area contributed by atoms with Gasteiger partial charge in [-0.25, -0.2) is 0 Å². The Kier molecular flexibility index (Phi) is 3.82. The van der Waals surface area contributed by atoms with Gasteiger partial charge in [0.05, 0.1) is 5.56 Å². The fraction of sp³-hybridized carbons (Fsp3) is 0.538. The van der Waals surface area contributed by atoms with Gasteiger partial charge in [-0.3, -0.25) is 9.78 Å². The van der Waals surface area contributed by atoms with Crippen LogP contribution in [-0.4, -0.2) is 28.4 Å². The minimum atomic E-state index is 0.0952. The predicted octanol–water partition coefficient (Wildman–Crippen LogP) is 3.10. The lowest BCUT2D eigenvalue weighted by atomic mass is 9.94. The van der Waals surface area contributed by atoms with Gasteiger partial charge in [-0.2, -0.15) is 0 Å². The number of likely N-dealkylation sites (tertiary alicyclic amines) is 1. The van der Waals surface area contributed by atoms with Crippen molar-refractivity contribution in [1.29, 1.82) is 0 Å². The molecule has 1 fully saturated rings. The third-order valence-electron chi connectivity index (χ3n) is 3.33. The van der Waals surface area contributed by atoms with Crippen molar-refractivity contribution in [2.24, 2.45) is 5.92 Å². The van der Waals surface area contributed by atoms with Crippen LogP contribution in [0.15, 0.2) is 22.9 Å².